The van der Waals surface area contributed by atoms with Gasteiger partial charge in [-0.1, -0.05) is 54.2 Å². The summed E-state index contributed by atoms with van der Waals surface area (Å²) in [5.74, 6) is 0.833. The van der Waals surface area contributed by atoms with Crippen molar-refractivity contribution < 1.29 is 14.3 Å². The summed E-state index contributed by atoms with van der Waals surface area (Å²) in [6, 6.07) is 17.2. The van der Waals surface area contributed by atoms with E-state index in [0.29, 0.717) is 23.1 Å². The van der Waals surface area contributed by atoms with E-state index in [4.69, 9.17) is 15.2 Å². The molecule has 0 aliphatic rings. The Kier molecular flexibility index (Phi) is 8.21. The van der Waals surface area contributed by atoms with Crippen LogP contribution in [0.2, 0.25) is 0 Å². The van der Waals surface area contributed by atoms with Gasteiger partial charge in [-0.05, 0) is 24.6 Å². The molecule has 0 heterocycles. The Morgan fingerprint density at radius 1 is 1.15 bits per heavy atom. The lowest BCUT2D eigenvalue weighted by molar-refractivity contribution is -0.145. The Labute approximate surface area is 157 Å². The van der Waals surface area contributed by atoms with E-state index in [1.54, 1.807) is 13.0 Å². The molecule has 7 heteroatoms. The average molecular weight is 371 g/mol. The number of para-hydroxylation sites is 1. The molecule has 0 aliphatic heterocycles. The number of amidine groups is 1. The first-order valence-electron chi connectivity index (χ1n) is 8.09. The quantitative estimate of drug-likeness (QED) is 0.333. The Balaban J connectivity index is 1.91. The number of carbonyl (C=O) groups excluding carboxylic acids is 1. The third kappa shape index (κ3) is 6.98. The summed E-state index contributed by atoms with van der Waals surface area (Å²) < 4.78 is 10.3. The minimum absolute atomic E-state index is 0.156. The Morgan fingerprint density at radius 2 is 1.88 bits per heavy atom. The predicted molar refractivity (Wildman–Crippen MR) is 106 cm³/mol. The topological polar surface area (TPSA) is 86.3 Å². The second-order valence-corrected chi connectivity index (χ2v) is 6.08. The molecule has 2 rings (SSSR count). The standard InChI is InChI=1S/C19H21N3O3S/c1-2-24-18(23)13-25-17-11-7-6-10-16(17)12-21-22-19(20)26-14-15-8-4-3-5-9-15/h3-12H,2,13-14H2,1H3,(H2,20,22). The van der Waals surface area contributed by atoms with Gasteiger partial charge in [0.15, 0.2) is 11.8 Å². The van der Waals surface area contributed by atoms with Gasteiger partial charge in [-0.15, -0.1) is 5.10 Å². The fourth-order valence-electron chi connectivity index (χ4n) is 1.97. The molecule has 0 saturated heterocycles. The molecular formula is C19H21N3O3S. The maximum atomic E-state index is 11.4. The summed E-state index contributed by atoms with van der Waals surface area (Å²) in [4.78, 5) is 11.4. The van der Waals surface area contributed by atoms with Gasteiger partial charge >= 0.3 is 5.97 Å². The fourth-order valence-corrected chi connectivity index (χ4v) is 2.58. The summed E-state index contributed by atoms with van der Waals surface area (Å²) in [7, 11) is 0. The van der Waals surface area contributed by atoms with Gasteiger partial charge in [0.1, 0.15) is 5.75 Å². The normalized spacial score (nSPS) is 11.5. The molecule has 0 unspecified atom stereocenters. The van der Waals surface area contributed by atoms with E-state index in [2.05, 4.69) is 10.2 Å². The number of hydrogen-bond acceptors (Lipinski definition) is 6. The van der Waals surface area contributed by atoms with Crippen LogP contribution in [0.3, 0.4) is 0 Å². The molecule has 6 nitrogen and oxygen atoms in total. The fraction of sp³-hybridized carbons (Fsp3) is 0.211. The number of benzene rings is 2. The minimum Gasteiger partial charge on any atom is -0.481 e. The molecule has 0 radical (unpaired) electrons. The molecule has 0 aromatic heterocycles. The molecule has 2 aromatic carbocycles. The zero-order chi connectivity index (χ0) is 18.6. The van der Waals surface area contributed by atoms with Crippen molar-refractivity contribution in [2.75, 3.05) is 13.2 Å². The highest BCUT2D eigenvalue weighted by Crippen LogP contribution is 2.16. The van der Waals surface area contributed by atoms with Gasteiger partial charge in [0.05, 0.1) is 12.8 Å². The van der Waals surface area contributed by atoms with Crippen molar-refractivity contribution in [3.63, 3.8) is 0 Å². The number of nitrogens with two attached hydrogens (primary N) is 1. The number of nitrogens with zero attached hydrogens (tertiary/aromatic N) is 2. The largest absolute Gasteiger partial charge is 0.481 e. The first-order chi connectivity index (χ1) is 12.7. The van der Waals surface area contributed by atoms with Crippen molar-refractivity contribution in [1.29, 1.82) is 0 Å². The van der Waals surface area contributed by atoms with Crippen molar-refractivity contribution >= 4 is 29.1 Å². The highest BCUT2D eigenvalue weighted by Gasteiger charge is 2.05. The number of thioether (sulfide) groups is 1. The minimum atomic E-state index is -0.418. The van der Waals surface area contributed by atoms with Crippen LogP contribution in [0, 0.1) is 0 Å². The van der Waals surface area contributed by atoms with Crippen LogP contribution >= 0.6 is 11.8 Å². The van der Waals surface area contributed by atoms with Crippen LogP contribution in [-0.2, 0) is 15.3 Å². The lowest BCUT2D eigenvalue weighted by Crippen LogP contribution is -2.15. The zero-order valence-corrected chi connectivity index (χ0v) is 15.3. The van der Waals surface area contributed by atoms with Crippen molar-refractivity contribution in [3.05, 3.63) is 65.7 Å². The lowest BCUT2D eigenvalue weighted by atomic mass is 10.2. The highest BCUT2D eigenvalue weighted by molar-refractivity contribution is 8.13. The molecule has 0 atom stereocenters. The van der Waals surface area contributed by atoms with E-state index in [9.17, 15) is 4.79 Å². The van der Waals surface area contributed by atoms with Gasteiger partial charge < -0.3 is 15.2 Å². The van der Waals surface area contributed by atoms with Gasteiger partial charge in [0.25, 0.3) is 0 Å². The van der Waals surface area contributed by atoms with Crippen molar-refractivity contribution in [2.24, 2.45) is 15.9 Å². The molecular weight excluding hydrogens is 350 g/mol. The van der Waals surface area contributed by atoms with Crippen LogP contribution in [0.1, 0.15) is 18.1 Å². The zero-order valence-electron chi connectivity index (χ0n) is 14.5. The summed E-state index contributed by atoms with van der Waals surface area (Å²) >= 11 is 1.41. The number of hydrogen-bond donors (Lipinski definition) is 1. The number of ether oxygens (including phenoxy) is 2. The van der Waals surface area contributed by atoms with Gasteiger partial charge in [-0.2, -0.15) is 5.10 Å². The molecule has 0 fully saturated rings. The van der Waals surface area contributed by atoms with E-state index in [1.165, 1.54) is 18.0 Å². The Morgan fingerprint density at radius 3 is 2.65 bits per heavy atom. The Bertz CT molecular complexity index is 764. The van der Waals surface area contributed by atoms with E-state index in [0.717, 1.165) is 11.3 Å². The molecule has 2 N–H and O–H groups in total. The highest BCUT2D eigenvalue weighted by atomic mass is 32.2. The van der Waals surface area contributed by atoms with Gasteiger partial charge in [-0.25, -0.2) is 4.79 Å². The van der Waals surface area contributed by atoms with E-state index in [1.807, 2.05) is 48.5 Å². The van der Waals surface area contributed by atoms with Crippen LogP contribution in [-0.4, -0.2) is 30.6 Å². The Hall–Kier alpha value is -2.80. The first kappa shape index (κ1) is 19.5. The van der Waals surface area contributed by atoms with E-state index in [-0.39, 0.29) is 6.61 Å². The number of carbonyl (C=O) groups is 1. The van der Waals surface area contributed by atoms with Crippen molar-refractivity contribution in [1.82, 2.24) is 0 Å². The maximum absolute atomic E-state index is 11.4. The van der Waals surface area contributed by atoms with E-state index >= 15 is 0 Å². The monoisotopic (exact) mass is 371 g/mol. The summed E-state index contributed by atoms with van der Waals surface area (Å²) in [5, 5.41) is 8.35. The summed E-state index contributed by atoms with van der Waals surface area (Å²) in [6.45, 7) is 1.91. The molecule has 0 spiro atoms. The number of esters is 1. The first-order valence-corrected chi connectivity index (χ1v) is 9.08. The van der Waals surface area contributed by atoms with Crippen molar-refractivity contribution in [3.8, 4) is 5.75 Å². The second-order valence-electron chi connectivity index (χ2n) is 5.09. The van der Waals surface area contributed by atoms with Crippen LogP contribution in [0.4, 0.5) is 0 Å². The number of rotatable bonds is 8. The second kappa shape index (κ2) is 10.9. The molecule has 0 aliphatic carbocycles. The third-order valence-electron chi connectivity index (χ3n) is 3.15. The third-order valence-corrected chi connectivity index (χ3v) is 4.01. The van der Waals surface area contributed by atoms with Crippen LogP contribution in [0.15, 0.2) is 64.8 Å². The van der Waals surface area contributed by atoms with Gasteiger partial charge in [0.2, 0.25) is 0 Å². The summed E-state index contributed by atoms with van der Waals surface area (Å²) in [6.07, 6.45) is 1.54. The molecule has 0 amide bonds. The van der Waals surface area contributed by atoms with Crippen LogP contribution in [0.5, 0.6) is 5.75 Å². The maximum Gasteiger partial charge on any atom is 0.344 e. The van der Waals surface area contributed by atoms with Gasteiger partial charge in [0, 0.05) is 11.3 Å². The van der Waals surface area contributed by atoms with Crippen LogP contribution in [0.25, 0.3) is 0 Å². The smallest absolute Gasteiger partial charge is 0.344 e. The predicted octanol–water partition coefficient (Wildman–Crippen LogP) is 3.21. The summed E-state index contributed by atoms with van der Waals surface area (Å²) in [5.41, 5.74) is 7.72. The molecule has 2 aromatic rings. The average Bonchev–Trinajstić information content (AvgIpc) is 2.67. The van der Waals surface area contributed by atoms with Crippen LogP contribution < -0.4 is 10.5 Å². The molecule has 0 bridgehead atoms. The molecule has 0 saturated carbocycles. The molecule has 136 valence electrons. The SMILES string of the molecule is CCOC(=O)COc1ccccc1C=NN=C(N)SCc1ccccc1. The van der Waals surface area contributed by atoms with Crippen molar-refractivity contribution in [2.45, 2.75) is 12.7 Å². The molecule has 26 heavy (non-hydrogen) atoms. The van der Waals surface area contributed by atoms with Gasteiger partial charge in [-0.3, -0.25) is 0 Å². The lowest BCUT2D eigenvalue weighted by Gasteiger charge is -2.07. The van der Waals surface area contributed by atoms with E-state index < -0.39 is 5.97 Å².